The molecule has 1 N–H and O–H groups in total. The molecule has 0 bridgehead atoms. The lowest BCUT2D eigenvalue weighted by molar-refractivity contribution is 0.155. The van der Waals surface area contributed by atoms with Gasteiger partial charge >= 0.3 is 0 Å². The highest BCUT2D eigenvalue weighted by molar-refractivity contribution is 5.33. The first-order valence-electron chi connectivity index (χ1n) is 6.47. The van der Waals surface area contributed by atoms with Gasteiger partial charge in [0.1, 0.15) is 11.5 Å². The van der Waals surface area contributed by atoms with Gasteiger partial charge in [-0.15, -0.1) is 0 Å². The standard InChI is InChI=1S/C15H26O2/c1-10-11(2)17-12(3)14(10)13(16)8-7-9-15(4,5)6/h13,16H,7-9H2,1-6H3. The van der Waals surface area contributed by atoms with Crippen molar-refractivity contribution in [3.8, 4) is 0 Å². The van der Waals surface area contributed by atoms with E-state index in [1.165, 1.54) is 0 Å². The Balaban J connectivity index is 2.61. The molecule has 2 nitrogen and oxygen atoms in total. The molecule has 1 aromatic heterocycles. The van der Waals surface area contributed by atoms with Crippen LogP contribution in [-0.2, 0) is 0 Å². The second-order valence-corrected chi connectivity index (χ2v) is 6.22. The highest BCUT2D eigenvalue weighted by Crippen LogP contribution is 2.31. The quantitative estimate of drug-likeness (QED) is 0.840. The van der Waals surface area contributed by atoms with E-state index in [9.17, 15) is 5.11 Å². The minimum absolute atomic E-state index is 0.343. The zero-order valence-electron chi connectivity index (χ0n) is 12.1. The molecule has 0 spiro atoms. The first-order valence-corrected chi connectivity index (χ1v) is 6.47. The van der Waals surface area contributed by atoms with Crippen LogP contribution in [0.1, 0.15) is 68.8 Å². The van der Waals surface area contributed by atoms with Crippen LogP contribution in [0.4, 0.5) is 0 Å². The van der Waals surface area contributed by atoms with Crippen molar-refractivity contribution in [3.05, 3.63) is 22.6 Å². The number of aryl methyl sites for hydroxylation is 2. The smallest absolute Gasteiger partial charge is 0.107 e. The van der Waals surface area contributed by atoms with Gasteiger partial charge in [0.05, 0.1) is 6.10 Å². The van der Waals surface area contributed by atoms with Gasteiger partial charge in [-0.25, -0.2) is 0 Å². The fraction of sp³-hybridized carbons (Fsp3) is 0.733. The van der Waals surface area contributed by atoms with Crippen LogP contribution in [0.25, 0.3) is 0 Å². The summed E-state index contributed by atoms with van der Waals surface area (Å²) in [6.07, 6.45) is 2.62. The molecular formula is C15H26O2. The molecule has 1 rings (SSSR count). The first-order chi connectivity index (χ1) is 7.72. The molecule has 0 fully saturated rings. The Morgan fingerprint density at radius 1 is 1.12 bits per heavy atom. The molecule has 0 saturated heterocycles. The lowest BCUT2D eigenvalue weighted by Gasteiger charge is -2.19. The molecule has 1 heterocycles. The summed E-state index contributed by atoms with van der Waals surface area (Å²) < 4.78 is 5.55. The van der Waals surface area contributed by atoms with Crippen molar-refractivity contribution >= 4 is 0 Å². The largest absolute Gasteiger partial charge is 0.466 e. The van der Waals surface area contributed by atoms with Crippen molar-refractivity contribution in [1.29, 1.82) is 0 Å². The zero-order valence-corrected chi connectivity index (χ0v) is 12.1. The molecule has 0 aromatic carbocycles. The number of furan rings is 1. The normalized spacial score (nSPS) is 14.1. The van der Waals surface area contributed by atoms with E-state index in [2.05, 4.69) is 20.8 Å². The third-order valence-electron chi connectivity index (χ3n) is 3.36. The molecule has 0 aliphatic rings. The predicted octanol–water partition coefficient (Wildman–Crippen LogP) is 4.45. The van der Waals surface area contributed by atoms with Gasteiger partial charge in [0.2, 0.25) is 0 Å². The molecule has 2 heteroatoms. The summed E-state index contributed by atoms with van der Waals surface area (Å²) in [5.74, 6) is 1.79. The molecule has 0 aliphatic carbocycles. The molecular weight excluding hydrogens is 212 g/mol. The van der Waals surface area contributed by atoms with Gasteiger partial charge in [-0.1, -0.05) is 27.2 Å². The maximum absolute atomic E-state index is 10.2. The van der Waals surface area contributed by atoms with E-state index in [-0.39, 0.29) is 6.10 Å². The Morgan fingerprint density at radius 3 is 2.12 bits per heavy atom. The first kappa shape index (κ1) is 14.3. The third-order valence-corrected chi connectivity index (χ3v) is 3.36. The molecule has 1 aromatic rings. The molecule has 98 valence electrons. The monoisotopic (exact) mass is 238 g/mol. The number of hydrogen-bond acceptors (Lipinski definition) is 2. The van der Waals surface area contributed by atoms with E-state index in [0.29, 0.717) is 5.41 Å². The second kappa shape index (κ2) is 5.26. The summed E-state index contributed by atoms with van der Waals surface area (Å²) in [5, 5.41) is 10.2. The molecule has 17 heavy (non-hydrogen) atoms. The number of aliphatic hydroxyl groups is 1. The van der Waals surface area contributed by atoms with Gasteiger partial charge in [0.25, 0.3) is 0 Å². The second-order valence-electron chi connectivity index (χ2n) is 6.22. The average Bonchev–Trinajstić information content (AvgIpc) is 2.38. The van der Waals surface area contributed by atoms with E-state index < -0.39 is 0 Å². The van der Waals surface area contributed by atoms with Crippen molar-refractivity contribution in [2.24, 2.45) is 5.41 Å². The van der Waals surface area contributed by atoms with Crippen LogP contribution in [0.5, 0.6) is 0 Å². The number of aliphatic hydroxyl groups excluding tert-OH is 1. The van der Waals surface area contributed by atoms with Crippen LogP contribution in [-0.4, -0.2) is 5.11 Å². The molecule has 0 saturated carbocycles. The van der Waals surface area contributed by atoms with Crippen molar-refractivity contribution in [1.82, 2.24) is 0 Å². The van der Waals surface area contributed by atoms with Gasteiger partial charge in [0, 0.05) is 5.56 Å². The maximum Gasteiger partial charge on any atom is 0.107 e. The summed E-state index contributed by atoms with van der Waals surface area (Å²) >= 11 is 0. The SMILES string of the molecule is Cc1oc(C)c(C(O)CCCC(C)(C)C)c1C. The maximum atomic E-state index is 10.2. The Kier molecular flexibility index (Phi) is 4.42. The predicted molar refractivity (Wildman–Crippen MR) is 71.2 cm³/mol. The van der Waals surface area contributed by atoms with Crippen LogP contribution in [0.2, 0.25) is 0 Å². The summed E-state index contributed by atoms with van der Waals surface area (Å²) in [4.78, 5) is 0. The highest BCUT2D eigenvalue weighted by atomic mass is 16.3. The van der Waals surface area contributed by atoms with Crippen LogP contribution in [0.15, 0.2) is 4.42 Å². The summed E-state index contributed by atoms with van der Waals surface area (Å²) in [6, 6.07) is 0. The van der Waals surface area contributed by atoms with Gasteiger partial charge < -0.3 is 9.52 Å². The molecule has 1 unspecified atom stereocenters. The van der Waals surface area contributed by atoms with E-state index in [1.807, 2.05) is 20.8 Å². The van der Waals surface area contributed by atoms with Crippen LogP contribution in [0.3, 0.4) is 0 Å². The van der Waals surface area contributed by atoms with Crippen LogP contribution >= 0.6 is 0 Å². The van der Waals surface area contributed by atoms with Gasteiger partial charge in [-0.2, -0.15) is 0 Å². The number of rotatable bonds is 4. The minimum atomic E-state index is -0.380. The van der Waals surface area contributed by atoms with Crippen molar-refractivity contribution < 1.29 is 9.52 Å². The zero-order chi connectivity index (χ0) is 13.2. The molecule has 0 radical (unpaired) electrons. The lowest BCUT2D eigenvalue weighted by Crippen LogP contribution is -2.06. The highest BCUT2D eigenvalue weighted by Gasteiger charge is 2.19. The van der Waals surface area contributed by atoms with E-state index >= 15 is 0 Å². The fourth-order valence-corrected chi connectivity index (χ4v) is 2.27. The van der Waals surface area contributed by atoms with Crippen molar-refractivity contribution in [2.75, 3.05) is 0 Å². The lowest BCUT2D eigenvalue weighted by atomic mass is 9.88. The summed E-state index contributed by atoms with van der Waals surface area (Å²) in [6.45, 7) is 12.6. The van der Waals surface area contributed by atoms with E-state index in [4.69, 9.17) is 4.42 Å². The molecule has 1 atom stereocenters. The van der Waals surface area contributed by atoms with E-state index in [1.54, 1.807) is 0 Å². The minimum Gasteiger partial charge on any atom is -0.466 e. The Morgan fingerprint density at radius 2 is 1.71 bits per heavy atom. The molecule has 0 aliphatic heterocycles. The van der Waals surface area contributed by atoms with E-state index in [0.717, 1.165) is 41.9 Å². The van der Waals surface area contributed by atoms with Gasteiger partial charge in [-0.05, 0) is 44.6 Å². The third kappa shape index (κ3) is 3.88. The Labute approximate surface area is 105 Å². The van der Waals surface area contributed by atoms with Gasteiger partial charge in [0.15, 0.2) is 0 Å². The summed E-state index contributed by atoms with van der Waals surface area (Å²) in [7, 11) is 0. The topological polar surface area (TPSA) is 33.4 Å². The Bertz CT molecular complexity index is 369. The van der Waals surface area contributed by atoms with Crippen LogP contribution < -0.4 is 0 Å². The average molecular weight is 238 g/mol. The van der Waals surface area contributed by atoms with Crippen molar-refractivity contribution in [2.45, 2.75) is 66.9 Å². The molecule has 0 amide bonds. The van der Waals surface area contributed by atoms with Crippen LogP contribution in [0, 0.1) is 26.2 Å². The van der Waals surface area contributed by atoms with Crippen molar-refractivity contribution in [3.63, 3.8) is 0 Å². The number of hydrogen-bond donors (Lipinski definition) is 1. The fourth-order valence-electron chi connectivity index (χ4n) is 2.27. The Hall–Kier alpha value is -0.760. The summed E-state index contributed by atoms with van der Waals surface area (Å²) in [5.41, 5.74) is 2.44. The van der Waals surface area contributed by atoms with Gasteiger partial charge in [-0.3, -0.25) is 0 Å².